The lowest BCUT2D eigenvalue weighted by atomic mass is 9.99. The zero-order valence-corrected chi connectivity index (χ0v) is 13.7. The molecule has 0 saturated heterocycles. The second kappa shape index (κ2) is 7.84. The van der Waals surface area contributed by atoms with Gasteiger partial charge in [-0.25, -0.2) is 0 Å². The number of furan rings is 1. The van der Waals surface area contributed by atoms with Crippen LogP contribution in [0.4, 0.5) is 0 Å². The van der Waals surface area contributed by atoms with E-state index >= 15 is 0 Å². The fourth-order valence-corrected chi connectivity index (χ4v) is 2.35. The van der Waals surface area contributed by atoms with E-state index in [1.165, 1.54) is 0 Å². The monoisotopic (exact) mass is 281 g/mol. The largest absolute Gasteiger partial charge is 0.466 e. The molecule has 2 atom stereocenters. The van der Waals surface area contributed by atoms with Crippen molar-refractivity contribution in [1.29, 1.82) is 0 Å². The van der Waals surface area contributed by atoms with Crippen LogP contribution in [-0.4, -0.2) is 23.3 Å². The van der Waals surface area contributed by atoms with Crippen molar-refractivity contribution in [2.45, 2.75) is 77.9 Å². The van der Waals surface area contributed by atoms with Crippen molar-refractivity contribution in [2.24, 2.45) is 0 Å². The number of rotatable bonds is 9. The molecule has 3 heteroatoms. The first-order chi connectivity index (χ1) is 9.28. The van der Waals surface area contributed by atoms with Crippen molar-refractivity contribution in [3.8, 4) is 0 Å². The maximum absolute atomic E-state index is 9.68. The smallest absolute Gasteiger partial charge is 0.107 e. The van der Waals surface area contributed by atoms with Crippen LogP contribution < -0.4 is 5.32 Å². The topological polar surface area (TPSA) is 45.4 Å². The molecule has 1 aromatic rings. The van der Waals surface area contributed by atoms with Crippen LogP contribution >= 0.6 is 0 Å². The van der Waals surface area contributed by atoms with Crippen LogP contribution in [0, 0.1) is 6.92 Å². The minimum Gasteiger partial charge on any atom is -0.466 e. The van der Waals surface area contributed by atoms with E-state index in [1.54, 1.807) is 0 Å². The Kier molecular flexibility index (Phi) is 6.77. The highest BCUT2D eigenvalue weighted by Gasteiger charge is 2.13. The lowest BCUT2D eigenvalue weighted by molar-refractivity contribution is 0.0675. The summed E-state index contributed by atoms with van der Waals surface area (Å²) in [6.07, 6.45) is 4.12. The lowest BCUT2D eigenvalue weighted by Gasteiger charge is -2.19. The molecule has 0 fully saturated rings. The Balaban J connectivity index is 2.14. The summed E-state index contributed by atoms with van der Waals surface area (Å²) < 4.78 is 5.65. The van der Waals surface area contributed by atoms with Crippen molar-refractivity contribution >= 4 is 0 Å². The minimum absolute atomic E-state index is 0.458. The molecule has 0 radical (unpaired) electrons. The van der Waals surface area contributed by atoms with Crippen LogP contribution in [0.15, 0.2) is 16.5 Å². The van der Waals surface area contributed by atoms with Gasteiger partial charge in [-0.3, -0.25) is 0 Å². The summed E-state index contributed by atoms with van der Waals surface area (Å²) in [7, 11) is 0. The Hall–Kier alpha value is -0.800. The van der Waals surface area contributed by atoms with E-state index in [-0.39, 0.29) is 0 Å². The number of nitrogens with one attached hydrogen (secondary N) is 1. The van der Waals surface area contributed by atoms with Crippen LogP contribution in [0.2, 0.25) is 0 Å². The van der Waals surface area contributed by atoms with Gasteiger partial charge in [-0.2, -0.15) is 0 Å². The first-order valence-corrected chi connectivity index (χ1v) is 7.80. The van der Waals surface area contributed by atoms with Crippen LogP contribution in [0.25, 0.3) is 0 Å². The highest BCUT2D eigenvalue weighted by Crippen LogP contribution is 2.20. The van der Waals surface area contributed by atoms with Gasteiger partial charge in [0.25, 0.3) is 0 Å². The minimum atomic E-state index is -0.536. The van der Waals surface area contributed by atoms with Crippen molar-refractivity contribution in [3.05, 3.63) is 23.7 Å². The summed E-state index contributed by atoms with van der Waals surface area (Å²) in [4.78, 5) is 0. The third-order valence-electron chi connectivity index (χ3n) is 3.74. The van der Waals surface area contributed by atoms with Gasteiger partial charge in [-0.1, -0.05) is 6.92 Å². The SMILES string of the molecule is Cc1ccc([C@@H](C)CCN[C@@H](C)CCCC(C)(C)O)o1. The number of hydrogen-bond donors (Lipinski definition) is 2. The molecule has 1 heterocycles. The zero-order valence-electron chi connectivity index (χ0n) is 13.7. The fraction of sp³-hybridized carbons (Fsp3) is 0.765. The first kappa shape index (κ1) is 17.3. The Morgan fingerprint density at radius 3 is 2.50 bits per heavy atom. The van der Waals surface area contributed by atoms with E-state index in [2.05, 4.69) is 25.2 Å². The molecule has 0 aliphatic carbocycles. The van der Waals surface area contributed by atoms with E-state index in [0.29, 0.717) is 12.0 Å². The zero-order chi connectivity index (χ0) is 15.2. The van der Waals surface area contributed by atoms with Crippen molar-refractivity contribution in [2.75, 3.05) is 6.54 Å². The molecule has 0 spiro atoms. The van der Waals surface area contributed by atoms with Crippen LogP contribution in [-0.2, 0) is 0 Å². The van der Waals surface area contributed by atoms with Gasteiger partial charge in [0, 0.05) is 12.0 Å². The van der Waals surface area contributed by atoms with E-state index in [9.17, 15) is 5.11 Å². The molecule has 3 nitrogen and oxygen atoms in total. The molecule has 20 heavy (non-hydrogen) atoms. The quantitative estimate of drug-likeness (QED) is 0.719. The lowest BCUT2D eigenvalue weighted by Crippen LogP contribution is -2.28. The van der Waals surface area contributed by atoms with Gasteiger partial charge in [0.2, 0.25) is 0 Å². The maximum atomic E-state index is 9.68. The number of hydrogen-bond acceptors (Lipinski definition) is 3. The molecule has 0 aromatic carbocycles. The van der Waals surface area contributed by atoms with Gasteiger partial charge < -0.3 is 14.8 Å². The van der Waals surface area contributed by atoms with E-state index in [1.807, 2.05) is 26.8 Å². The molecule has 116 valence electrons. The normalized spacial score (nSPS) is 15.3. The molecule has 0 amide bonds. The summed E-state index contributed by atoms with van der Waals surface area (Å²) in [5, 5.41) is 13.2. The molecule has 0 aliphatic heterocycles. The molecular formula is C17H31NO2. The molecule has 0 aliphatic rings. The average Bonchev–Trinajstić information content (AvgIpc) is 2.74. The van der Waals surface area contributed by atoms with Gasteiger partial charge in [0.1, 0.15) is 11.5 Å². The van der Waals surface area contributed by atoms with Crippen molar-refractivity contribution in [3.63, 3.8) is 0 Å². The third-order valence-corrected chi connectivity index (χ3v) is 3.74. The second-order valence-electron chi connectivity index (χ2n) is 6.70. The van der Waals surface area contributed by atoms with Crippen molar-refractivity contribution < 1.29 is 9.52 Å². The van der Waals surface area contributed by atoms with E-state index in [0.717, 1.165) is 43.7 Å². The van der Waals surface area contributed by atoms with E-state index < -0.39 is 5.60 Å². The third kappa shape index (κ3) is 7.11. The van der Waals surface area contributed by atoms with E-state index in [4.69, 9.17) is 4.42 Å². The van der Waals surface area contributed by atoms with Gasteiger partial charge in [-0.15, -0.1) is 0 Å². The highest BCUT2D eigenvalue weighted by molar-refractivity contribution is 5.09. The van der Waals surface area contributed by atoms with Crippen LogP contribution in [0.3, 0.4) is 0 Å². The predicted octanol–water partition coefficient (Wildman–Crippen LogP) is 4.00. The van der Waals surface area contributed by atoms with Crippen LogP contribution in [0.1, 0.15) is 70.8 Å². The molecule has 0 bridgehead atoms. The summed E-state index contributed by atoms with van der Waals surface area (Å²) in [5.74, 6) is 2.53. The molecular weight excluding hydrogens is 250 g/mol. The summed E-state index contributed by atoms with van der Waals surface area (Å²) in [5.41, 5.74) is -0.536. The number of aliphatic hydroxyl groups is 1. The second-order valence-corrected chi connectivity index (χ2v) is 6.70. The Morgan fingerprint density at radius 1 is 1.25 bits per heavy atom. The van der Waals surface area contributed by atoms with Crippen molar-refractivity contribution in [1.82, 2.24) is 5.32 Å². The molecule has 2 N–H and O–H groups in total. The molecule has 1 rings (SSSR count). The highest BCUT2D eigenvalue weighted by atomic mass is 16.3. The van der Waals surface area contributed by atoms with Gasteiger partial charge >= 0.3 is 0 Å². The Bertz CT molecular complexity index is 379. The summed E-state index contributed by atoms with van der Waals surface area (Å²) >= 11 is 0. The standard InChI is InChI=1S/C17H31NO2/c1-13(16-9-8-15(3)20-16)10-12-18-14(2)7-6-11-17(4,5)19/h8-9,13-14,18-19H,6-7,10-12H2,1-5H3/t13-,14-/m0/s1. The summed E-state index contributed by atoms with van der Waals surface area (Å²) in [6, 6.07) is 4.61. The Labute approximate surface area is 123 Å². The summed E-state index contributed by atoms with van der Waals surface area (Å²) in [6.45, 7) is 11.2. The fourth-order valence-electron chi connectivity index (χ4n) is 2.35. The van der Waals surface area contributed by atoms with Gasteiger partial charge in [-0.05, 0) is 72.1 Å². The molecule has 0 saturated carbocycles. The maximum Gasteiger partial charge on any atom is 0.107 e. The van der Waals surface area contributed by atoms with Gasteiger partial charge in [0.05, 0.1) is 5.60 Å². The molecule has 0 unspecified atom stereocenters. The first-order valence-electron chi connectivity index (χ1n) is 7.80. The average molecular weight is 281 g/mol. The number of aryl methyl sites for hydroxylation is 1. The molecule has 1 aromatic heterocycles. The predicted molar refractivity (Wildman–Crippen MR) is 84.1 cm³/mol. The Morgan fingerprint density at radius 2 is 1.95 bits per heavy atom. The van der Waals surface area contributed by atoms with Gasteiger partial charge in [0.15, 0.2) is 0 Å². The van der Waals surface area contributed by atoms with Crippen LogP contribution in [0.5, 0.6) is 0 Å².